The van der Waals surface area contributed by atoms with Gasteiger partial charge in [-0.3, -0.25) is 0 Å². The monoisotopic (exact) mass is 139 g/mol. The Kier molecular flexibility index (Phi) is 25.5. The molecule has 0 aromatic carbocycles. The maximum Gasteiger partial charge on any atom is 1.00 e. The van der Waals surface area contributed by atoms with Gasteiger partial charge < -0.3 is 6.90 Å². The van der Waals surface area contributed by atoms with Crippen LogP contribution >= 0.6 is 8.25 Å². The molecule has 0 bridgehead atoms. The van der Waals surface area contributed by atoms with Gasteiger partial charge >= 0.3 is 59.6 Å². The third-order valence-electron chi connectivity index (χ3n) is 0. The van der Waals surface area contributed by atoms with Gasteiger partial charge in [0.05, 0.1) is 0 Å². The van der Waals surface area contributed by atoms with E-state index in [1.807, 2.05) is 0 Å². The van der Waals surface area contributed by atoms with Crippen LogP contribution < -0.4 is 51.4 Å². The normalized spacial score (nSPS) is 4.33. The van der Waals surface area contributed by atoms with E-state index in [4.69, 9.17) is 14.4 Å². The van der Waals surface area contributed by atoms with Gasteiger partial charge in [-0.15, -0.1) is 9.79 Å². The maximum atomic E-state index is 8.70. The zero-order valence-corrected chi connectivity index (χ0v) is 7.27. The average molecular weight is 139 g/mol. The molecule has 0 radical (unpaired) electrons. The molecule has 0 aromatic heterocycles. The van der Waals surface area contributed by atoms with E-state index in [0.717, 1.165) is 0 Å². The van der Waals surface area contributed by atoms with E-state index in [0.29, 0.717) is 0 Å². The fourth-order valence-electron chi connectivity index (χ4n) is 0. The van der Waals surface area contributed by atoms with Crippen LogP contribution in [0.25, 0.3) is 0 Å². The second kappa shape index (κ2) is 9.79. The molecule has 0 amide bonds. The summed E-state index contributed by atoms with van der Waals surface area (Å²) >= 11 is 0. The molecule has 4 N–H and O–H groups in total. The molecule has 6 heavy (non-hydrogen) atoms. The van der Waals surface area contributed by atoms with Gasteiger partial charge in [0.15, 0.2) is 0 Å². The standard InChI is InChI=1S/K.HO3P.H2O.H/c;1-4(2)3;;/h;(H-,1,2,3);1H2;/q+1;;;-1/p+1. The molecular formula is H5KO4P+. The third kappa shape index (κ3) is 45.8. The van der Waals surface area contributed by atoms with Crippen LogP contribution in [-0.4, -0.2) is 15.3 Å². The van der Waals surface area contributed by atoms with Crippen LogP contribution in [0.5, 0.6) is 0 Å². The quantitative estimate of drug-likeness (QED) is 0.264. The van der Waals surface area contributed by atoms with Gasteiger partial charge in [0.25, 0.3) is 0 Å². The number of hydrogen-bond donors (Lipinski definition) is 2. The van der Waals surface area contributed by atoms with Crippen LogP contribution in [0.4, 0.5) is 0 Å². The molecule has 4 nitrogen and oxygen atoms in total. The Morgan fingerprint density at radius 2 is 1.50 bits per heavy atom. The molecule has 0 atom stereocenters. The summed E-state index contributed by atoms with van der Waals surface area (Å²) in [4.78, 5) is 14.2. The van der Waals surface area contributed by atoms with Crippen LogP contribution in [0.3, 0.4) is 0 Å². The van der Waals surface area contributed by atoms with Crippen LogP contribution in [0.1, 0.15) is 1.43 Å². The molecule has 0 aromatic rings. The van der Waals surface area contributed by atoms with Crippen molar-refractivity contribution in [1.82, 2.24) is 0 Å². The fourth-order valence-corrected chi connectivity index (χ4v) is 0. The molecule has 0 unspecified atom stereocenters. The second-order valence-corrected chi connectivity index (χ2v) is 0.758. The van der Waals surface area contributed by atoms with Crippen molar-refractivity contribution < 1.29 is 72.6 Å². The largest absolute Gasteiger partial charge is 1.00 e. The molecule has 6 heteroatoms. The number of rotatable bonds is 0. The molecule has 0 saturated carbocycles. The summed E-state index contributed by atoms with van der Waals surface area (Å²) in [7, 11) is -2.87. The van der Waals surface area contributed by atoms with Crippen LogP contribution in [0.2, 0.25) is 0 Å². The maximum absolute atomic E-state index is 8.70. The minimum atomic E-state index is -2.87. The molecule has 0 aliphatic carbocycles. The van der Waals surface area contributed by atoms with Gasteiger partial charge in [-0.2, -0.15) is 0 Å². The Balaban J connectivity index is -0.0000000150. The molecule has 0 saturated heterocycles. The van der Waals surface area contributed by atoms with Crippen molar-refractivity contribution in [3.63, 3.8) is 0 Å². The predicted octanol–water partition coefficient (Wildman–Crippen LogP) is -4.08. The second-order valence-electron chi connectivity index (χ2n) is 0.253. The smallest absolute Gasteiger partial charge is 1.00 e. The summed E-state index contributed by atoms with van der Waals surface area (Å²) in [5, 5.41) is 0. The van der Waals surface area contributed by atoms with E-state index in [2.05, 4.69) is 0 Å². The Morgan fingerprint density at radius 3 is 1.50 bits per heavy atom. The fraction of sp³-hybridized carbons (Fsp3) is 0. The van der Waals surface area contributed by atoms with Crippen LogP contribution in [0.15, 0.2) is 0 Å². The topological polar surface area (TPSA) is 89.0 Å². The summed E-state index contributed by atoms with van der Waals surface area (Å²) in [5.41, 5.74) is 0. The number of hydrogen-bond acceptors (Lipinski definition) is 1. The van der Waals surface area contributed by atoms with Crippen molar-refractivity contribution in [3.8, 4) is 0 Å². The van der Waals surface area contributed by atoms with Crippen molar-refractivity contribution in [2.75, 3.05) is 0 Å². The van der Waals surface area contributed by atoms with Gasteiger partial charge in [0, 0.05) is 4.57 Å². The summed E-state index contributed by atoms with van der Waals surface area (Å²) in [6.45, 7) is 0. The van der Waals surface area contributed by atoms with E-state index in [1.165, 1.54) is 0 Å². The van der Waals surface area contributed by atoms with E-state index in [-0.39, 0.29) is 58.3 Å². The van der Waals surface area contributed by atoms with Gasteiger partial charge in [0.2, 0.25) is 0 Å². The Bertz CT molecular complexity index is 34.7. The summed E-state index contributed by atoms with van der Waals surface area (Å²) < 4.78 is 8.70. The van der Waals surface area contributed by atoms with E-state index in [1.54, 1.807) is 0 Å². The molecule has 0 fully saturated rings. The van der Waals surface area contributed by atoms with Gasteiger partial charge in [0.1, 0.15) is 0 Å². The Morgan fingerprint density at radius 1 is 1.50 bits per heavy atom. The zero-order valence-electron chi connectivity index (χ0n) is 4.25. The molecule has 0 aliphatic heterocycles. The summed E-state index contributed by atoms with van der Waals surface area (Å²) in [6.07, 6.45) is 0. The van der Waals surface area contributed by atoms with Crippen molar-refractivity contribution in [2.24, 2.45) is 0 Å². The van der Waals surface area contributed by atoms with Crippen molar-refractivity contribution in [3.05, 3.63) is 0 Å². The van der Waals surface area contributed by atoms with Gasteiger partial charge in [-0.25, -0.2) is 0 Å². The van der Waals surface area contributed by atoms with Gasteiger partial charge in [-0.1, -0.05) is 0 Å². The van der Waals surface area contributed by atoms with E-state index >= 15 is 0 Å². The SMILES string of the molecule is O.O=[P+](O)O.[H-].[K+]. The zero-order chi connectivity index (χ0) is 3.58. The van der Waals surface area contributed by atoms with Crippen molar-refractivity contribution in [2.45, 2.75) is 0 Å². The molecule has 0 spiro atoms. The molecule has 0 rings (SSSR count). The molecule has 0 aliphatic rings. The summed E-state index contributed by atoms with van der Waals surface area (Å²) in [6, 6.07) is 0. The average Bonchev–Trinajstić information content (AvgIpc) is 0.811. The first-order chi connectivity index (χ1) is 1.73. The minimum absolute atomic E-state index is 0. The minimum Gasteiger partial charge on any atom is -1.00 e. The Hall–Kier alpha value is 1.62. The first-order valence-electron chi connectivity index (χ1n) is 0.583. The van der Waals surface area contributed by atoms with Crippen molar-refractivity contribution >= 4 is 8.25 Å². The molecule has 0 heterocycles. The summed E-state index contributed by atoms with van der Waals surface area (Å²) in [5.74, 6) is 0. The van der Waals surface area contributed by atoms with Gasteiger partial charge in [-0.05, 0) is 0 Å². The van der Waals surface area contributed by atoms with Crippen LogP contribution in [-0.2, 0) is 4.57 Å². The molecule has 34 valence electrons. The van der Waals surface area contributed by atoms with E-state index in [9.17, 15) is 0 Å². The predicted molar refractivity (Wildman–Crippen MR) is 16.8 cm³/mol. The first kappa shape index (κ1) is 15.6. The molecular weight excluding hydrogens is 134 g/mol. The first-order valence-corrected chi connectivity index (χ1v) is 1.75. The Labute approximate surface area is 79.7 Å². The van der Waals surface area contributed by atoms with E-state index < -0.39 is 8.25 Å². The third-order valence-corrected chi connectivity index (χ3v) is 0. The van der Waals surface area contributed by atoms with Crippen LogP contribution in [0, 0.1) is 0 Å². The van der Waals surface area contributed by atoms with Crippen molar-refractivity contribution in [1.29, 1.82) is 0 Å².